The molecule has 0 aliphatic carbocycles. The van der Waals surface area contributed by atoms with Crippen LogP contribution in [0.3, 0.4) is 0 Å². The third-order valence-corrected chi connectivity index (χ3v) is 2.55. The van der Waals surface area contributed by atoms with Crippen molar-refractivity contribution < 1.29 is 4.79 Å². The van der Waals surface area contributed by atoms with Crippen LogP contribution in [0.25, 0.3) is 0 Å². The third kappa shape index (κ3) is 2.87. The van der Waals surface area contributed by atoms with Gasteiger partial charge in [0, 0.05) is 13.6 Å². The summed E-state index contributed by atoms with van der Waals surface area (Å²) in [6.07, 6.45) is 2.57. The van der Waals surface area contributed by atoms with Crippen LogP contribution in [0.5, 0.6) is 0 Å². The largest absolute Gasteiger partial charge is 0.343 e. The van der Waals surface area contributed by atoms with Crippen molar-refractivity contribution in [2.45, 2.75) is 26.4 Å². The van der Waals surface area contributed by atoms with Crippen molar-refractivity contribution in [1.29, 1.82) is 0 Å². The minimum Gasteiger partial charge on any atom is -0.342 e. The number of amides is 1. The number of carbonyl (C=O) groups is 1. The Labute approximate surface area is 108 Å². The predicted molar refractivity (Wildman–Crippen MR) is 65.3 cm³/mol. The molecule has 0 radical (unpaired) electrons. The number of aryl methyl sites for hydroxylation is 2. The molecule has 2 rings (SSSR count). The van der Waals surface area contributed by atoms with Crippen LogP contribution in [0, 0.1) is 0 Å². The second-order valence-electron chi connectivity index (χ2n) is 4.03. The van der Waals surface area contributed by atoms with Gasteiger partial charge in [-0.3, -0.25) is 9.78 Å². The predicted octanol–water partition coefficient (Wildman–Crippen LogP) is -0.960. The van der Waals surface area contributed by atoms with Crippen LogP contribution in [-0.2, 0) is 20.1 Å². The average Bonchev–Trinajstić information content (AvgIpc) is 2.95. The SMILES string of the molecule is CCCn1cnnc1CNC(=O)c1nn(C)c(=O)[nH]1. The van der Waals surface area contributed by atoms with E-state index in [9.17, 15) is 9.59 Å². The monoisotopic (exact) mass is 265 g/mol. The van der Waals surface area contributed by atoms with Crippen molar-refractivity contribution in [3.05, 3.63) is 28.5 Å². The van der Waals surface area contributed by atoms with E-state index in [2.05, 4.69) is 25.6 Å². The Morgan fingerprint density at radius 1 is 1.53 bits per heavy atom. The van der Waals surface area contributed by atoms with Crippen LogP contribution in [-0.4, -0.2) is 35.4 Å². The highest BCUT2D eigenvalue weighted by atomic mass is 16.2. The molecule has 0 unspecified atom stereocenters. The molecule has 0 spiro atoms. The molecular weight excluding hydrogens is 250 g/mol. The van der Waals surface area contributed by atoms with Crippen molar-refractivity contribution in [2.75, 3.05) is 0 Å². The highest BCUT2D eigenvalue weighted by molar-refractivity contribution is 5.90. The highest BCUT2D eigenvalue weighted by Crippen LogP contribution is 1.97. The molecule has 1 amide bonds. The Hall–Kier alpha value is -2.45. The lowest BCUT2D eigenvalue weighted by Crippen LogP contribution is -2.26. The zero-order valence-corrected chi connectivity index (χ0v) is 10.8. The molecule has 0 saturated carbocycles. The lowest BCUT2D eigenvalue weighted by atomic mass is 10.4. The van der Waals surface area contributed by atoms with Gasteiger partial charge in [0.2, 0.25) is 5.82 Å². The zero-order valence-electron chi connectivity index (χ0n) is 10.8. The maximum Gasteiger partial charge on any atom is 0.343 e. The summed E-state index contributed by atoms with van der Waals surface area (Å²) in [4.78, 5) is 25.3. The molecule has 0 saturated heterocycles. The first-order chi connectivity index (χ1) is 9.11. The number of nitrogens with one attached hydrogen (secondary N) is 2. The standard InChI is InChI=1S/C10H15N7O2/c1-3-4-17-6-12-14-7(17)5-11-9(18)8-13-10(19)16(2)15-8/h6H,3-5H2,1-2H3,(H,11,18)(H,13,15,19). The first-order valence-corrected chi connectivity index (χ1v) is 5.90. The van der Waals surface area contributed by atoms with Crippen molar-refractivity contribution >= 4 is 5.91 Å². The molecule has 2 aromatic heterocycles. The minimum atomic E-state index is -0.455. The van der Waals surface area contributed by atoms with Crippen LogP contribution < -0.4 is 11.0 Å². The average molecular weight is 265 g/mol. The molecule has 19 heavy (non-hydrogen) atoms. The molecule has 0 aliphatic heterocycles. The summed E-state index contributed by atoms with van der Waals surface area (Å²) in [6, 6.07) is 0. The number of aromatic amines is 1. The van der Waals surface area contributed by atoms with E-state index in [1.165, 1.54) is 7.05 Å². The molecule has 9 heteroatoms. The lowest BCUT2D eigenvalue weighted by molar-refractivity contribution is 0.0939. The van der Waals surface area contributed by atoms with E-state index in [-0.39, 0.29) is 12.4 Å². The highest BCUT2D eigenvalue weighted by Gasteiger charge is 2.12. The van der Waals surface area contributed by atoms with Gasteiger partial charge in [-0.2, -0.15) is 0 Å². The van der Waals surface area contributed by atoms with Gasteiger partial charge in [-0.25, -0.2) is 9.48 Å². The fourth-order valence-corrected chi connectivity index (χ4v) is 1.59. The van der Waals surface area contributed by atoms with Gasteiger partial charge in [-0.15, -0.1) is 15.3 Å². The second kappa shape index (κ2) is 5.46. The Morgan fingerprint density at radius 2 is 2.32 bits per heavy atom. The number of H-pyrrole nitrogens is 1. The summed E-state index contributed by atoms with van der Waals surface area (Å²) in [7, 11) is 1.47. The first kappa shape index (κ1) is 13.0. The van der Waals surface area contributed by atoms with Gasteiger partial charge >= 0.3 is 5.69 Å². The summed E-state index contributed by atoms with van der Waals surface area (Å²) in [6.45, 7) is 3.07. The van der Waals surface area contributed by atoms with Crippen LogP contribution in [0.1, 0.15) is 29.8 Å². The maximum absolute atomic E-state index is 11.8. The van der Waals surface area contributed by atoms with E-state index in [4.69, 9.17) is 0 Å². The van der Waals surface area contributed by atoms with Crippen LogP contribution in [0.15, 0.2) is 11.1 Å². The molecule has 9 nitrogen and oxygen atoms in total. The number of nitrogens with zero attached hydrogens (tertiary/aromatic N) is 5. The van der Waals surface area contributed by atoms with Crippen LogP contribution in [0.2, 0.25) is 0 Å². The van der Waals surface area contributed by atoms with E-state index in [0.29, 0.717) is 5.82 Å². The van der Waals surface area contributed by atoms with E-state index in [1.807, 2.05) is 11.5 Å². The fourth-order valence-electron chi connectivity index (χ4n) is 1.59. The molecule has 2 N–H and O–H groups in total. The van der Waals surface area contributed by atoms with E-state index < -0.39 is 11.6 Å². The van der Waals surface area contributed by atoms with E-state index in [0.717, 1.165) is 17.6 Å². The summed E-state index contributed by atoms with van der Waals surface area (Å²) in [5.74, 6) is 0.186. The third-order valence-electron chi connectivity index (χ3n) is 2.55. The van der Waals surface area contributed by atoms with Gasteiger partial charge < -0.3 is 9.88 Å². The molecular formula is C10H15N7O2. The topological polar surface area (TPSA) is 110 Å². The van der Waals surface area contributed by atoms with Gasteiger partial charge in [-0.05, 0) is 6.42 Å². The summed E-state index contributed by atoms with van der Waals surface area (Å²) in [5, 5.41) is 14.1. The quantitative estimate of drug-likeness (QED) is 0.723. The van der Waals surface area contributed by atoms with Gasteiger partial charge in [0.1, 0.15) is 6.33 Å². The minimum absolute atomic E-state index is 0.0194. The Morgan fingerprint density at radius 3 is 2.95 bits per heavy atom. The van der Waals surface area contributed by atoms with Crippen LogP contribution in [0.4, 0.5) is 0 Å². The zero-order chi connectivity index (χ0) is 13.8. The molecule has 2 aromatic rings. The van der Waals surface area contributed by atoms with Gasteiger partial charge in [0.15, 0.2) is 5.82 Å². The molecule has 0 aromatic carbocycles. The molecule has 0 aliphatic rings. The Balaban J connectivity index is 2.00. The fraction of sp³-hybridized carbons (Fsp3) is 0.500. The molecule has 0 fully saturated rings. The van der Waals surface area contributed by atoms with Crippen molar-refractivity contribution in [3.8, 4) is 0 Å². The van der Waals surface area contributed by atoms with E-state index in [1.54, 1.807) is 6.33 Å². The van der Waals surface area contributed by atoms with Crippen molar-refractivity contribution in [2.24, 2.45) is 7.05 Å². The normalized spacial score (nSPS) is 10.6. The summed E-state index contributed by atoms with van der Waals surface area (Å²) < 4.78 is 2.93. The van der Waals surface area contributed by atoms with E-state index >= 15 is 0 Å². The number of rotatable bonds is 5. The molecule has 102 valence electrons. The van der Waals surface area contributed by atoms with Gasteiger partial charge in [0.25, 0.3) is 5.91 Å². The second-order valence-corrected chi connectivity index (χ2v) is 4.03. The number of carbonyl (C=O) groups excluding carboxylic acids is 1. The van der Waals surface area contributed by atoms with Crippen molar-refractivity contribution in [3.63, 3.8) is 0 Å². The molecule has 2 heterocycles. The smallest absolute Gasteiger partial charge is 0.342 e. The Kier molecular flexibility index (Phi) is 3.74. The van der Waals surface area contributed by atoms with Crippen molar-refractivity contribution in [1.82, 2.24) is 34.8 Å². The number of aromatic nitrogens is 6. The summed E-state index contributed by atoms with van der Waals surface area (Å²) >= 11 is 0. The molecule has 0 bridgehead atoms. The summed E-state index contributed by atoms with van der Waals surface area (Å²) in [5.41, 5.74) is -0.431. The Bertz CT molecular complexity index is 624. The first-order valence-electron chi connectivity index (χ1n) is 5.90. The lowest BCUT2D eigenvalue weighted by Gasteiger charge is -2.05. The maximum atomic E-state index is 11.8. The van der Waals surface area contributed by atoms with Gasteiger partial charge in [0.05, 0.1) is 6.54 Å². The van der Waals surface area contributed by atoms with Crippen LogP contribution >= 0.6 is 0 Å². The van der Waals surface area contributed by atoms with Gasteiger partial charge in [-0.1, -0.05) is 6.92 Å². The number of hydrogen-bond acceptors (Lipinski definition) is 5. The number of hydrogen-bond donors (Lipinski definition) is 2. The molecule has 0 atom stereocenters.